The summed E-state index contributed by atoms with van der Waals surface area (Å²) in [6, 6.07) is -0.372. The van der Waals surface area contributed by atoms with Crippen molar-refractivity contribution in [3.8, 4) is 0 Å². The van der Waals surface area contributed by atoms with Gasteiger partial charge in [-0.05, 0) is 0 Å². The summed E-state index contributed by atoms with van der Waals surface area (Å²) in [4.78, 5) is 29.9. The lowest BCUT2D eigenvalue weighted by molar-refractivity contribution is -0.137. The van der Waals surface area contributed by atoms with Crippen LogP contribution in [0.4, 0.5) is 5.69 Å². The molecule has 1 unspecified atom stereocenters. The molecule has 1 amide bonds. The Morgan fingerprint density at radius 2 is 2.38 bits per heavy atom. The highest BCUT2D eigenvalue weighted by molar-refractivity contribution is 5.95. The minimum absolute atomic E-state index is 0.196. The fourth-order valence-corrected chi connectivity index (χ4v) is 2.24. The second-order valence-corrected chi connectivity index (χ2v) is 4.77. The number of hydrogen-bond acceptors (Lipinski definition) is 5. The third-order valence-electron chi connectivity index (χ3n) is 3.24. The maximum Gasteiger partial charge on any atom is 0.325 e. The van der Waals surface area contributed by atoms with Crippen LogP contribution in [0.5, 0.6) is 0 Å². The first-order valence-electron chi connectivity index (χ1n) is 6.41. The van der Waals surface area contributed by atoms with E-state index < -0.39 is 5.97 Å². The first-order valence-corrected chi connectivity index (χ1v) is 6.41. The van der Waals surface area contributed by atoms with Crippen LogP contribution in [0, 0.1) is 0 Å². The normalized spacial score (nSPS) is 17.2. The van der Waals surface area contributed by atoms with Crippen LogP contribution < -0.4 is 10.6 Å². The molecule has 9 nitrogen and oxygen atoms in total. The third-order valence-corrected chi connectivity index (χ3v) is 3.24. The Bertz CT molecular complexity index is 676. The summed E-state index contributed by atoms with van der Waals surface area (Å²) in [5, 5.41) is 18.4. The summed E-state index contributed by atoms with van der Waals surface area (Å²) < 4.78 is 1.25. The van der Waals surface area contributed by atoms with Crippen molar-refractivity contribution >= 4 is 17.6 Å². The minimum Gasteiger partial charge on any atom is -0.480 e. The quantitative estimate of drug-likeness (QED) is 0.592. The number of carboxylic acid groups (broad SMARTS) is 1. The molecule has 9 heteroatoms. The SMILES string of the molecule is O=C(O)Cn1cc(NC(=O)C2Cc3nc[nH]c3CN2)cn1. The second-order valence-electron chi connectivity index (χ2n) is 4.77. The van der Waals surface area contributed by atoms with Crippen LogP contribution in [0.2, 0.25) is 0 Å². The van der Waals surface area contributed by atoms with Gasteiger partial charge in [-0.15, -0.1) is 0 Å². The van der Waals surface area contributed by atoms with Crippen LogP contribution in [0.1, 0.15) is 11.4 Å². The molecule has 1 aliphatic heterocycles. The number of amides is 1. The van der Waals surface area contributed by atoms with E-state index in [1.54, 1.807) is 6.33 Å². The summed E-state index contributed by atoms with van der Waals surface area (Å²) in [7, 11) is 0. The maximum atomic E-state index is 12.2. The minimum atomic E-state index is -0.990. The van der Waals surface area contributed by atoms with Crippen LogP contribution in [0.25, 0.3) is 0 Å². The van der Waals surface area contributed by atoms with E-state index in [0.717, 1.165) is 11.4 Å². The molecular weight excluding hydrogens is 276 g/mol. The topological polar surface area (TPSA) is 125 Å². The summed E-state index contributed by atoms with van der Waals surface area (Å²) in [5.74, 6) is -1.19. The molecule has 1 atom stereocenters. The average Bonchev–Trinajstić information content (AvgIpc) is 3.06. The Morgan fingerprint density at radius 3 is 3.19 bits per heavy atom. The number of aliphatic carboxylic acids is 1. The third kappa shape index (κ3) is 2.92. The lowest BCUT2D eigenvalue weighted by Crippen LogP contribution is -2.44. The van der Waals surface area contributed by atoms with Gasteiger partial charge < -0.3 is 15.4 Å². The van der Waals surface area contributed by atoms with E-state index in [0.29, 0.717) is 18.7 Å². The largest absolute Gasteiger partial charge is 0.480 e. The van der Waals surface area contributed by atoms with E-state index in [1.807, 2.05) is 0 Å². The first kappa shape index (κ1) is 13.3. The summed E-state index contributed by atoms with van der Waals surface area (Å²) in [6.45, 7) is 0.319. The van der Waals surface area contributed by atoms with E-state index in [4.69, 9.17) is 5.11 Å². The van der Waals surface area contributed by atoms with Gasteiger partial charge in [-0.25, -0.2) is 4.98 Å². The zero-order chi connectivity index (χ0) is 14.8. The highest BCUT2D eigenvalue weighted by Gasteiger charge is 2.25. The number of imidazole rings is 1. The molecule has 0 saturated carbocycles. The Hall–Kier alpha value is -2.68. The Balaban J connectivity index is 1.62. The number of fused-ring (bicyclic) bond motifs is 1. The first-order chi connectivity index (χ1) is 10.1. The van der Waals surface area contributed by atoms with E-state index in [-0.39, 0.29) is 18.5 Å². The monoisotopic (exact) mass is 290 g/mol. The summed E-state index contributed by atoms with van der Waals surface area (Å²) >= 11 is 0. The molecule has 0 spiro atoms. The highest BCUT2D eigenvalue weighted by Crippen LogP contribution is 2.14. The van der Waals surface area contributed by atoms with Crippen molar-refractivity contribution in [2.45, 2.75) is 25.6 Å². The van der Waals surface area contributed by atoms with Gasteiger partial charge in [0.2, 0.25) is 5.91 Å². The van der Waals surface area contributed by atoms with Crippen LogP contribution >= 0.6 is 0 Å². The number of hydrogen-bond donors (Lipinski definition) is 4. The molecular formula is C12H14N6O3. The van der Waals surface area contributed by atoms with Gasteiger partial charge in [0.05, 0.1) is 35.6 Å². The number of anilines is 1. The standard InChI is InChI=1S/C12H14N6O3/c19-11(20)5-18-4-7(2-16-18)17-12(21)9-1-8-10(3-13-9)15-6-14-8/h2,4,6,9,13H,1,3,5H2,(H,14,15)(H,17,21)(H,19,20). The molecule has 3 rings (SSSR count). The number of aromatic amines is 1. The Kier molecular flexibility index (Phi) is 3.40. The van der Waals surface area contributed by atoms with Crippen LogP contribution in [-0.4, -0.2) is 42.8 Å². The van der Waals surface area contributed by atoms with Crippen molar-refractivity contribution in [2.75, 3.05) is 5.32 Å². The number of carbonyl (C=O) groups is 2. The average molecular weight is 290 g/mol. The van der Waals surface area contributed by atoms with E-state index in [2.05, 4.69) is 25.7 Å². The van der Waals surface area contributed by atoms with Gasteiger partial charge in [0.25, 0.3) is 0 Å². The van der Waals surface area contributed by atoms with Crippen LogP contribution in [0.3, 0.4) is 0 Å². The lowest BCUT2D eigenvalue weighted by atomic mass is 10.0. The van der Waals surface area contributed by atoms with Gasteiger partial charge in [0, 0.05) is 19.2 Å². The predicted octanol–water partition coefficient (Wildman–Crippen LogP) is -0.656. The number of rotatable bonds is 4. The number of carboxylic acids is 1. The number of nitrogens with zero attached hydrogens (tertiary/aromatic N) is 3. The molecule has 21 heavy (non-hydrogen) atoms. The predicted molar refractivity (Wildman–Crippen MR) is 71.4 cm³/mol. The molecule has 110 valence electrons. The molecule has 4 N–H and O–H groups in total. The van der Waals surface area contributed by atoms with Crippen molar-refractivity contribution in [3.63, 3.8) is 0 Å². The molecule has 1 aliphatic rings. The van der Waals surface area contributed by atoms with E-state index in [1.165, 1.54) is 17.1 Å². The molecule has 2 aromatic rings. The molecule has 3 heterocycles. The van der Waals surface area contributed by atoms with Gasteiger partial charge >= 0.3 is 5.97 Å². The van der Waals surface area contributed by atoms with Crippen molar-refractivity contribution < 1.29 is 14.7 Å². The van der Waals surface area contributed by atoms with E-state index >= 15 is 0 Å². The van der Waals surface area contributed by atoms with E-state index in [9.17, 15) is 9.59 Å². The zero-order valence-electron chi connectivity index (χ0n) is 11.0. The van der Waals surface area contributed by atoms with Crippen molar-refractivity contribution in [1.29, 1.82) is 0 Å². The number of carbonyl (C=O) groups excluding carboxylic acids is 1. The summed E-state index contributed by atoms with van der Waals surface area (Å²) in [6.07, 6.45) is 5.02. The fourth-order valence-electron chi connectivity index (χ4n) is 2.24. The van der Waals surface area contributed by atoms with Crippen molar-refractivity contribution in [3.05, 3.63) is 30.1 Å². The van der Waals surface area contributed by atoms with Gasteiger partial charge in [0.15, 0.2) is 0 Å². The van der Waals surface area contributed by atoms with Gasteiger partial charge in [0.1, 0.15) is 6.54 Å². The molecule has 0 saturated heterocycles. The van der Waals surface area contributed by atoms with Gasteiger partial charge in [-0.3, -0.25) is 19.6 Å². The number of H-pyrrole nitrogens is 1. The lowest BCUT2D eigenvalue weighted by Gasteiger charge is -2.21. The number of nitrogens with one attached hydrogen (secondary N) is 3. The van der Waals surface area contributed by atoms with Gasteiger partial charge in [-0.1, -0.05) is 0 Å². The molecule has 0 aromatic carbocycles. The van der Waals surface area contributed by atoms with Crippen LogP contribution in [-0.2, 0) is 29.1 Å². The molecule has 0 radical (unpaired) electrons. The van der Waals surface area contributed by atoms with Crippen molar-refractivity contribution in [2.24, 2.45) is 0 Å². The molecule has 0 bridgehead atoms. The smallest absolute Gasteiger partial charge is 0.325 e. The Labute approximate surface area is 119 Å². The van der Waals surface area contributed by atoms with Crippen molar-refractivity contribution in [1.82, 2.24) is 25.1 Å². The van der Waals surface area contributed by atoms with Gasteiger partial charge in [-0.2, -0.15) is 5.10 Å². The molecule has 2 aromatic heterocycles. The highest BCUT2D eigenvalue weighted by atomic mass is 16.4. The van der Waals surface area contributed by atoms with Crippen LogP contribution in [0.15, 0.2) is 18.7 Å². The summed E-state index contributed by atoms with van der Waals surface area (Å²) in [5.41, 5.74) is 2.35. The maximum absolute atomic E-state index is 12.2. The Morgan fingerprint density at radius 1 is 1.52 bits per heavy atom. The molecule has 0 aliphatic carbocycles. The fraction of sp³-hybridized carbons (Fsp3) is 0.333. The molecule has 0 fully saturated rings. The number of aromatic nitrogens is 4. The zero-order valence-corrected chi connectivity index (χ0v) is 11.0. The second kappa shape index (κ2) is 5.37.